The van der Waals surface area contributed by atoms with E-state index in [-0.39, 0.29) is 12.0 Å². The Morgan fingerprint density at radius 3 is 2.95 bits per heavy atom. The fourth-order valence-corrected chi connectivity index (χ4v) is 2.35. The van der Waals surface area contributed by atoms with Crippen molar-refractivity contribution in [2.45, 2.75) is 32.2 Å². The molecule has 1 aliphatic heterocycles. The van der Waals surface area contributed by atoms with Crippen molar-refractivity contribution in [1.82, 2.24) is 5.32 Å². The highest BCUT2D eigenvalue weighted by Crippen LogP contribution is 2.18. The zero-order valence-corrected chi connectivity index (χ0v) is 11.6. The van der Waals surface area contributed by atoms with E-state index in [9.17, 15) is 4.79 Å². The predicted octanol–water partition coefficient (Wildman–Crippen LogP) is 1.84. The van der Waals surface area contributed by atoms with Gasteiger partial charge in [0.25, 0.3) is 0 Å². The number of carbonyl (C=O) groups is 1. The third-order valence-electron chi connectivity index (χ3n) is 3.44. The van der Waals surface area contributed by atoms with Crippen LogP contribution >= 0.6 is 0 Å². The maximum absolute atomic E-state index is 11.7. The van der Waals surface area contributed by atoms with Crippen molar-refractivity contribution in [1.29, 1.82) is 0 Å². The van der Waals surface area contributed by atoms with Crippen LogP contribution in [0.1, 0.15) is 24.0 Å². The molecule has 2 rings (SSSR count). The van der Waals surface area contributed by atoms with Crippen molar-refractivity contribution < 1.29 is 14.3 Å². The van der Waals surface area contributed by atoms with Gasteiger partial charge in [-0.05, 0) is 43.5 Å². The predicted molar refractivity (Wildman–Crippen MR) is 73.4 cm³/mol. The fourth-order valence-electron chi connectivity index (χ4n) is 2.35. The van der Waals surface area contributed by atoms with Gasteiger partial charge in [-0.1, -0.05) is 12.1 Å². The van der Waals surface area contributed by atoms with Crippen LogP contribution in [0.3, 0.4) is 0 Å². The summed E-state index contributed by atoms with van der Waals surface area (Å²) in [7, 11) is 1.67. The molecule has 0 spiro atoms. The van der Waals surface area contributed by atoms with Gasteiger partial charge in [0.15, 0.2) is 0 Å². The lowest BCUT2D eigenvalue weighted by molar-refractivity contribution is -0.145. The molecule has 0 saturated carbocycles. The molecule has 0 bridgehead atoms. The van der Waals surface area contributed by atoms with Crippen LogP contribution in [-0.2, 0) is 16.0 Å². The lowest BCUT2D eigenvalue weighted by atomic mass is 10.1. The summed E-state index contributed by atoms with van der Waals surface area (Å²) < 4.78 is 10.5. The summed E-state index contributed by atoms with van der Waals surface area (Å²) >= 11 is 0. The van der Waals surface area contributed by atoms with Crippen LogP contribution < -0.4 is 10.1 Å². The Bertz CT molecular complexity index is 439. The van der Waals surface area contributed by atoms with E-state index in [1.165, 1.54) is 0 Å². The normalized spacial score (nSPS) is 18.3. The van der Waals surface area contributed by atoms with Crippen LogP contribution in [0, 0.1) is 6.92 Å². The highest BCUT2D eigenvalue weighted by Gasteiger charge is 2.23. The van der Waals surface area contributed by atoms with Crippen molar-refractivity contribution >= 4 is 5.97 Å². The maximum atomic E-state index is 11.7. The third-order valence-corrected chi connectivity index (χ3v) is 3.44. The molecular weight excluding hydrogens is 242 g/mol. The quantitative estimate of drug-likeness (QED) is 0.824. The Morgan fingerprint density at radius 1 is 1.47 bits per heavy atom. The summed E-state index contributed by atoms with van der Waals surface area (Å²) in [6, 6.07) is 5.93. The largest absolute Gasteiger partial charge is 0.496 e. The number of methoxy groups -OCH3 is 1. The number of ether oxygens (including phenoxy) is 2. The summed E-state index contributed by atoms with van der Waals surface area (Å²) in [5.74, 6) is 0.763. The molecule has 1 unspecified atom stereocenters. The van der Waals surface area contributed by atoms with Gasteiger partial charge in [0.1, 0.15) is 11.8 Å². The van der Waals surface area contributed by atoms with E-state index < -0.39 is 0 Å². The molecule has 1 aliphatic rings. The molecule has 0 amide bonds. The lowest BCUT2D eigenvalue weighted by Crippen LogP contribution is -2.32. The second-order valence-corrected chi connectivity index (χ2v) is 4.87. The topological polar surface area (TPSA) is 47.6 Å². The van der Waals surface area contributed by atoms with Crippen molar-refractivity contribution in [2.75, 3.05) is 20.3 Å². The fraction of sp³-hybridized carbons (Fsp3) is 0.533. The molecule has 4 nitrogen and oxygen atoms in total. The molecular formula is C15H21NO3. The molecule has 1 aromatic carbocycles. The Morgan fingerprint density at radius 2 is 2.32 bits per heavy atom. The van der Waals surface area contributed by atoms with Gasteiger partial charge in [-0.15, -0.1) is 0 Å². The summed E-state index contributed by atoms with van der Waals surface area (Å²) in [6.07, 6.45) is 2.68. The van der Waals surface area contributed by atoms with Gasteiger partial charge in [0.2, 0.25) is 0 Å². The molecule has 1 N–H and O–H groups in total. The first-order valence-corrected chi connectivity index (χ1v) is 6.74. The molecule has 0 radical (unpaired) electrons. The number of carbonyl (C=O) groups excluding carboxylic acids is 1. The molecule has 104 valence electrons. The summed E-state index contributed by atoms with van der Waals surface area (Å²) in [4.78, 5) is 11.7. The summed E-state index contributed by atoms with van der Waals surface area (Å²) in [5, 5.41) is 3.14. The summed E-state index contributed by atoms with van der Waals surface area (Å²) in [6.45, 7) is 3.36. The zero-order valence-electron chi connectivity index (χ0n) is 11.6. The standard InChI is InChI=1S/C15H21NO3/c1-11-10-12(5-6-14(11)18-2)7-9-19-15(17)13-4-3-8-16-13/h5-6,10,13,16H,3-4,7-9H2,1-2H3. The van der Waals surface area contributed by atoms with Gasteiger partial charge in [-0.25, -0.2) is 0 Å². The van der Waals surface area contributed by atoms with Crippen molar-refractivity contribution in [3.63, 3.8) is 0 Å². The van der Waals surface area contributed by atoms with Crippen molar-refractivity contribution in [2.24, 2.45) is 0 Å². The van der Waals surface area contributed by atoms with E-state index in [2.05, 4.69) is 11.4 Å². The number of benzene rings is 1. The van der Waals surface area contributed by atoms with E-state index >= 15 is 0 Å². The number of aryl methyl sites for hydroxylation is 1. The molecule has 0 aromatic heterocycles. The second-order valence-electron chi connectivity index (χ2n) is 4.87. The van der Waals surface area contributed by atoms with Crippen LogP contribution in [0.15, 0.2) is 18.2 Å². The van der Waals surface area contributed by atoms with Crippen LogP contribution in [0.2, 0.25) is 0 Å². The van der Waals surface area contributed by atoms with Gasteiger partial charge in [-0.3, -0.25) is 4.79 Å². The molecule has 4 heteroatoms. The molecule has 0 aliphatic carbocycles. The zero-order chi connectivity index (χ0) is 13.7. The molecule has 1 atom stereocenters. The van der Waals surface area contributed by atoms with E-state index in [0.29, 0.717) is 6.61 Å². The third kappa shape index (κ3) is 3.70. The van der Waals surface area contributed by atoms with Crippen LogP contribution in [0.5, 0.6) is 5.75 Å². The number of nitrogens with one attached hydrogen (secondary N) is 1. The monoisotopic (exact) mass is 263 g/mol. The van der Waals surface area contributed by atoms with Gasteiger partial charge < -0.3 is 14.8 Å². The molecule has 1 aromatic rings. The molecule has 1 saturated heterocycles. The Hall–Kier alpha value is -1.55. The second kappa shape index (κ2) is 6.57. The number of hydrogen-bond acceptors (Lipinski definition) is 4. The first-order chi connectivity index (χ1) is 9.20. The van der Waals surface area contributed by atoms with Crippen LogP contribution in [0.25, 0.3) is 0 Å². The Labute approximate surface area is 114 Å². The Balaban J connectivity index is 1.79. The molecule has 1 fully saturated rings. The smallest absolute Gasteiger partial charge is 0.323 e. The number of esters is 1. The van der Waals surface area contributed by atoms with E-state index in [4.69, 9.17) is 9.47 Å². The van der Waals surface area contributed by atoms with E-state index in [1.54, 1.807) is 7.11 Å². The van der Waals surface area contributed by atoms with Gasteiger partial charge in [-0.2, -0.15) is 0 Å². The SMILES string of the molecule is COc1ccc(CCOC(=O)C2CCCN2)cc1C. The average molecular weight is 263 g/mol. The first-order valence-electron chi connectivity index (χ1n) is 6.74. The van der Waals surface area contributed by atoms with Crippen molar-refractivity contribution in [3.8, 4) is 5.75 Å². The van der Waals surface area contributed by atoms with E-state index in [1.807, 2.05) is 19.1 Å². The van der Waals surface area contributed by atoms with Crippen LogP contribution in [0.4, 0.5) is 0 Å². The van der Waals surface area contributed by atoms with Crippen molar-refractivity contribution in [3.05, 3.63) is 29.3 Å². The molecule has 1 heterocycles. The Kier molecular flexibility index (Phi) is 4.80. The minimum atomic E-state index is -0.122. The maximum Gasteiger partial charge on any atom is 0.323 e. The average Bonchev–Trinajstić information content (AvgIpc) is 2.93. The van der Waals surface area contributed by atoms with Crippen LogP contribution in [-0.4, -0.2) is 32.3 Å². The first kappa shape index (κ1) is 13.9. The number of rotatable bonds is 5. The number of hydrogen-bond donors (Lipinski definition) is 1. The highest BCUT2D eigenvalue weighted by atomic mass is 16.5. The minimum Gasteiger partial charge on any atom is -0.496 e. The van der Waals surface area contributed by atoms with Gasteiger partial charge in [0.05, 0.1) is 13.7 Å². The lowest BCUT2D eigenvalue weighted by Gasteiger charge is -2.11. The van der Waals surface area contributed by atoms with E-state index in [0.717, 1.165) is 42.7 Å². The minimum absolute atomic E-state index is 0.0994. The molecule has 19 heavy (non-hydrogen) atoms. The van der Waals surface area contributed by atoms with Gasteiger partial charge in [0, 0.05) is 6.42 Å². The summed E-state index contributed by atoms with van der Waals surface area (Å²) in [5.41, 5.74) is 2.26. The van der Waals surface area contributed by atoms with Gasteiger partial charge >= 0.3 is 5.97 Å². The highest BCUT2D eigenvalue weighted by molar-refractivity contribution is 5.76.